The Balaban J connectivity index is 1.44. The number of ether oxygens (including phenoxy) is 3. The van der Waals surface area contributed by atoms with Gasteiger partial charge < -0.3 is 19.5 Å². The minimum atomic E-state index is -0.0862. The number of amides is 1. The van der Waals surface area contributed by atoms with Crippen molar-refractivity contribution in [2.45, 2.75) is 12.8 Å². The van der Waals surface area contributed by atoms with Crippen molar-refractivity contribution >= 4 is 11.6 Å². The molecule has 1 heterocycles. The number of para-hydroxylation sites is 3. The van der Waals surface area contributed by atoms with E-state index < -0.39 is 0 Å². The number of nitrogens with one attached hydrogen (secondary N) is 1. The Labute approximate surface area is 164 Å². The predicted octanol–water partition coefficient (Wildman–Crippen LogP) is 4.68. The topological polar surface area (TPSA) is 69.7 Å². The van der Waals surface area contributed by atoms with E-state index in [0.29, 0.717) is 42.5 Å². The molecule has 0 spiro atoms. The zero-order chi connectivity index (χ0) is 19.6. The first-order valence-corrected chi connectivity index (χ1v) is 8.99. The van der Waals surface area contributed by atoms with Crippen LogP contribution in [0.5, 0.6) is 23.1 Å². The number of carbonyl (C=O) groups is 1. The number of nitrogens with zero attached hydrogens (tertiary/aromatic N) is 1. The van der Waals surface area contributed by atoms with Crippen molar-refractivity contribution in [3.63, 3.8) is 0 Å². The second-order valence-electron chi connectivity index (χ2n) is 5.95. The standard InChI is InChI=1S/C22H22N2O4/c1-26-19-10-5-6-11-20(19)28-22-14-13-17(16-23-22)24-21(25)12-7-15-27-18-8-3-2-4-9-18/h2-6,8-11,13-14,16H,7,12,15H2,1H3,(H,24,25). The van der Waals surface area contributed by atoms with Gasteiger partial charge in [0.2, 0.25) is 11.8 Å². The van der Waals surface area contributed by atoms with Gasteiger partial charge in [0.1, 0.15) is 5.75 Å². The van der Waals surface area contributed by atoms with Crippen LogP contribution in [0, 0.1) is 0 Å². The third-order valence-electron chi connectivity index (χ3n) is 3.86. The summed E-state index contributed by atoms with van der Waals surface area (Å²) in [6, 6.07) is 20.3. The lowest BCUT2D eigenvalue weighted by molar-refractivity contribution is -0.116. The lowest BCUT2D eigenvalue weighted by Gasteiger charge is -2.10. The maximum Gasteiger partial charge on any atom is 0.224 e. The molecule has 28 heavy (non-hydrogen) atoms. The van der Waals surface area contributed by atoms with Gasteiger partial charge in [0.15, 0.2) is 11.5 Å². The van der Waals surface area contributed by atoms with Crippen LogP contribution in [-0.2, 0) is 4.79 Å². The number of carbonyl (C=O) groups excluding carboxylic acids is 1. The highest BCUT2D eigenvalue weighted by atomic mass is 16.5. The van der Waals surface area contributed by atoms with Crippen molar-refractivity contribution in [1.29, 1.82) is 0 Å². The largest absolute Gasteiger partial charge is 0.494 e. The van der Waals surface area contributed by atoms with Crippen LogP contribution in [0.25, 0.3) is 0 Å². The summed E-state index contributed by atoms with van der Waals surface area (Å²) >= 11 is 0. The lowest BCUT2D eigenvalue weighted by Crippen LogP contribution is -2.13. The van der Waals surface area contributed by atoms with Crippen molar-refractivity contribution in [3.05, 3.63) is 72.9 Å². The number of benzene rings is 2. The number of methoxy groups -OCH3 is 1. The molecule has 0 bridgehead atoms. The number of rotatable bonds is 9. The fourth-order valence-corrected chi connectivity index (χ4v) is 2.49. The Morgan fingerprint density at radius 1 is 0.964 bits per heavy atom. The molecule has 6 nitrogen and oxygen atoms in total. The highest BCUT2D eigenvalue weighted by Gasteiger charge is 2.07. The summed E-state index contributed by atoms with van der Waals surface area (Å²) in [5, 5.41) is 2.82. The molecule has 0 radical (unpaired) electrons. The average Bonchev–Trinajstić information content (AvgIpc) is 2.74. The van der Waals surface area contributed by atoms with Gasteiger partial charge in [-0.3, -0.25) is 4.79 Å². The van der Waals surface area contributed by atoms with E-state index in [1.807, 2.05) is 48.5 Å². The van der Waals surface area contributed by atoms with Gasteiger partial charge in [-0.1, -0.05) is 30.3 Å². The van der Waals surface area contributed by atoms with E-state index in [1.54, 1.807) is 31.5 Å². The predicted molar refractivity (Wildman–Crippen MR) is 107 cm³/mol. The molecule has 0 atom stereocenters. The highest BCUT2D eigenvalue weighted by Crippen LogP contribution is 2.30. The molecule has 1 N–H and O–H groups in total. The average molecular weight is 378 g/mol. The van der Waals surface area contributed by atoms with E-state index >= 15 is 0 Å². The van der Waals surface area contributed by atoms with Crippen molar-refractivity contribution < 1.29 is 19.0 Å². The SMILES string of the molecule is COc1ccccc1Oc1ccc(NC(=O)CCCOc2ccccc2)cn1. The summed E-state index contributed by atoms with van der Waals surface area (Å²) in [6.07, 6.45) is 2.55. The van der Waals surface area contributed by atoms with Crippen LogP contribution in [0.1, 0.15) is 12.8 Å². The van der Waals surface area contributed by atoms with Crippen molar-refractivity contribution in [2.75, 3.05) is 19.0 Å². The van der Waals surface area contributed by atoms with E-state index in [2.05, 4.69) is 10.3 Å². The Morgan fingerprint density at radius 3 is 2.43 bits per heavy atom. The molecule has 0 aliphatic rings. The molecular formula is C22H22N2O4. The number of pyridine rings is 1. The molecule has 3 aromatic rings. The molecule has 0 aliphatic carbocycles. The van der Waals surface area contributed by atoms with Gasteiger partial charge in [0.25, 0.3) is 0 Å². The number of hydrogen-bond donors (Lipinski definition) is 1. The van der Waals surface area contributed by atoms with Gasteiger partial charge in [0.05, 0.1) is 25.6 Å². The number of aromatic nitrogens is 1. The molecule has 0 fully saturated rings. The van der Waals surface area contributed by atoms with Gasteiger partial charge in [-0.15, -0.1) is 0 Å². The van der Waals surface area contributed by atoms with E-state index in [0.717, 1.165) is 5.75 Å². The molecule has 6 heteroatoms. The second kappa shape index (κ2) is 9.97. The number of hydrogen-bond acceptors (Lipinski definition) is 5. The molecule has 144 valence electrons. The minimum Gasteiger partial charge on any atom is -0.494 e. The Kier molecular flexibility index (Phi) is 6.84. The molecule has 0 saturated heterocycles. The number of anilines is 1. The van der Waals surface area contributed by atoms with Crippen LogP contribution in [0.4, 0.5) is 5.69 Å². The first kappa shape index (κ1) is 19.2. The van der Waals surface area contributed by atoms with Crippen LogP contribution in [0.2, 0.25) is 0 Å². The smallest absolute Gasteiger partial charge is 0.224 e. The van der Waals surface area contributed by atoms with E-state index in [9.17, 15) is 4.79 Å². The maximum atomic E-state index is 12.0. The molecule has 3 rings (SSSR count). The quantitative estimate of drug-likeness (QED) is 0.548. The van der Waals surface area contributed by atoms with Gasteiger partial charge in [-0.2, -0.15) is 0 Å². The Morgan fingerprint density at radius 2 is 1.71 bits per heavy atom. The zero-order valence-electron chi connectivity index (χ0n) is 15.6. The van der Waals surface area contributed by atoms with E-state index in [4.69, 9.17) is 14.2 Å². The van der Waals surface area contributed by atoms with Crippen molar-refractivity contribution in [3.8, 4) is 23.1 Å². The van der Waals surface area contributed by atoms with E-state index in [-0.39, 0.29) is 5.91 Å². The Hall–Kier alpha value is -3.54. The normalized spacial score (nSPS) is 10.2. The fraction of sp³-hybridized carbons (Fsp3) is 0.182. The van der Waals surface area contributed by atoms with Gasteiger partial charge >= 0.3 is 0 Å². The highest BCUT2D eigenvalue weighted by molar-refractivity contribution is 5.90. The molecule has 0 aliphatic heterocycles. The molecule has 1 aromatic heterocycles. The summed E-state index contributed by atoms with van der Waals surface area (Å²) in [7, 11) is 1.58. The molecule has 0 unspecified atom stereocenters. The van der Waals surface area contributed by atoms with Crippen LogP contribution in [0.15, 0.2) is 72.9 Å². The van der Waals surface area contributed by atoms with Crippen LogP contribution < -0.4 is 19.5 Å². The van der Waals surface area contributed by atoms with Crippen LogP contribution in [0.3, 0.4) is 0 Å². The third kappa shape index (κ3) is 5.74. The summed E-state index contributed by atoms with van der Waals surface area (Å²) in [6.45, 7) is 0.487. The molecule has 0 saturated carbocycles. The second-order valence-corrected chi connectivity index (χ2v) is 5.95. The first-order valence-electron chi connectivity index (χ1n) is 8.99. The summed E-state index contributed by atoms with van der Waals surface area (Å²) in [5.41, 5.74) is 0.612. The molecular weight excluding hydrogens is 356 g/mol. The maximum absolute atomic E-state index is 12.0. The van der Waals surface area contributed by atoms with Crippen molar-refractivity contribution in [2.24, 2.45) is 0 Å². The zero-order valence-corrected chi connectivity index (χ0v) is 15.6. The molecule has 2 aromatic carbocycles. The van der Waals surface area contributed by atoms with Gasteiger partial charge in [-0.25, -0.2) is 4.98 Å². The monoisotopic (exact) mass is 378 g/mol. The lowest BCUT2D eigenvalue weighted by atomic mass is 10.3. The summed E-state index contributed by atoms with van der Waals surface area (Å²) in [5.74, 6) is 2.33. The molecule has 1 amide bonds. The summed E-state index contributed by atoms with van der Waals surface area (Å²) in [4.78, 5) is 16.3. The van der Waals surface area contributed by atoms with Crippen molar-refractivity contribution in [1.82, 2.24) is 4.98 Å². The first-order chi connectivity index (χ1) is 13.7. The van der Waals surface area contributed by atoms with Crippen LogP contribution >= 0.6 is 0 Å². The fourth-order valence-electron chi connectivity index (χ4n) is 2.49. The van der Waals surface area contributed by atoms with Gasteiger partial charge in [-0.05, 0) is 36.8 Å². The third-order valence-corrected chi connectivity index (χ3v) is 3.86. The summed E-state index contributed by atoms with van der Waals surface area (Å²) < 4.78 is 16.5. The van der Waals surface area contributed by atoms with Crippen LogP contribution in [-0.4, -0.2) is 24.6 Å². The van der Waals surface area contributed by atoms with Gasteiger partial charge in [0, 0.05) is 12.5 Å². The van der Waals surface area contributed by atoms with E-state index in [1.165, 1.54) is 0 Å². The Bertz CT molecular complexity index is 883. The minimum absolute atomic E-state index is 0.0862.